The summed E-state index contributed by atoms with van der Waals surface area (Å²) >= 11 is 2.00. The zero-order valence-corrected chi connectivity index (χ0v) is 11.1. The van der Waals surface area contributed by atoms with E-state index in [-0.39, 0.29) is 24.8 Å². The van der Waals surface area contributed by atoms with E-state index in [1.165, 1.54) is 11.3 Å². The summed E-state index contributed by atoms with van der Waals surface area (Å²) in [6.45, 7) is 0. The van der Waals surface area contributed by atoms with Crippen LogP contribution in [0.4, 0.5) is 0 Å². The minimum atomic E-state index is 0. The van der Waals surface area contributed by atoms with Crippen LogP contribution in [0.1, 0.15) is 23.7 Å². The Balaban J connectivity index is 0.000000980. The molecule has 0 bridgehead atoms. The minimum Gasteiger partial charge on any atom is -0.328 e. The Kier molecular flexibility index (Phi) is 6.68. The molecular weight excluding hydrogens is 253 g/mol. The molecule has 0 amide bonds. The van der Waals surface area contributed by atoms with Crippen LogP contribution in [0, 0.1) is 0 Å². The van der Waals surface area contributed by atoms with Gasteiger partial charge in [-0.1, -0.05) is 0 Å². The van der Waals surface area contributed by atoms with Gasteiger partial charge in [-0.15, -0.1) is 24.8 Å². The third-order valence-electron chi connectivity index (χ3n) is 2.42. The fourth-order valence-corrected chi connectivity index (χ4v) is 3.08. The van der Waals surface area contributed by atoms with Crippen molar-refractivity contribution in [1.29, 1.82) is 0 Å². The van der Waals surface area contributed by atoms with Crippen molar-refractivity contribution in [2.24, 2.45) is 12.8 Å². The van der Waals surface area contributed by atoms with E-state index in [9.17, 15) is 0 Å². The molecule has 2 N–H and O–H groups in total. The smallest absolute Gasteiger partial charge is 0.0532 e. The molecule has 0 aromatic carbocycles. The summed E-state index contributed by atoms with van der Waals surface area (Å²) in [7, 11) is 1.96. The van der Waals surface area contributed by atoms with E-state index in [1.807, 2.05) is 29.7 Å². The molecule has 0 aliphatic carbocycles. The van der Waals surface area contributed by atoms with Crippen LogP contribution >= 0.6 is 36.6 Å². The minimum absolute atomic E-state index is 0. The third-order valence-corrected chi connectivity index (χ3v) is 3.76. The van der Waals surface area contributed by atoms with Crippen molar-refractivity contribution < 1.29 is 0 Å². The van der Waals surface area contributed by atoms with Gasteiger partial charge in [-0.2, -0.15) is 16.9 Å². The Hall–Kier alpha value is 0.1000. The number of hydrogen-bond donors (Lipinski definition) is 1. The van der Waals surface area contributed by atoms with Crippen molar-refractivity contribution in [3.05, 3.63) is 18.0 Å². The molecule has 2 heterocycles. The van der Waals surface area contributed by atoms with Crippen LogP contribution in [-0.2, 0) is 7.05 Å². The highest BCUT2D eigenvalue weighted by Gasteiger charge is 2.21. The molecule has 2 atom stereocenters. The number of hydrogen-bond acceptors (Lipinski definition) is 3. The second-order valence-electron chi connectivity index (χ2n) is 3.59. The second-order valence-corrected chi connectivity index (χ2v) is 4.90. The first-order valence-corrected chi connectivity index (χ1v) is 5.66. The maximum absolute atomic E-state index is 5.93. The van der Waals surface area contributed by atoms with Gasteiger partial charge >= 0.3 is 0 Å². The molecule has 2 unspecified atom stereocenters. The van der Waals surface area contributed by atoms with Crippen molar-refractivity contribution in [3.63, 3.8) is 0 Å². The Morgan fingerprint density at radius 3 is 2.80 bits per heavy atom. The van der Waals surface area contributed by atoms with E-state index in [2.05, 4.69) is 11.3 Å². The van der Waals surface area contributed by atoms with Gasteiger partial charge in [0.1, 0.15) is 0 Å². The Morgan fingerprint density at radius 1 is 1.53 bits per heavy atom. The molecule has 1 aromatic rings. The molecule has 3 nitrogen and oxygen atoms in total. The SMILES string of the molecule is Cl.Cl.Cn1cc(C2CC(N)CCS2)cn1. The van der Waals surface area contributed by atoms with Crippen LogP contribution in [0.3, 0.4) is 0 Å². The molecule has 88 valence electrons. The van der Waals surface area contributed by atoms with Crippen LogP contribution in [0.5, 0.6) is 0 Å². The molecular formula is C9H17Cl2N3S. The summed E-state index contributed by atoms with van der Waals surface area (Å²) in [6.07, 6.45) is 6.29. The number of halogens is 2. The number of rotatable bonds is 1. The highest BCUT2D eigenvalue weighted by Crippen LogP contribution is 2.37. The van der Waals surface area contributed by atoms with Crippen LogP contribution in [0.15, 0.2) is 12.4 Å². The summed E-state index contributed by atoms with van der Waals surface area (Å²) in [5.74, 6) is 1.18. The average molecular weight is 270 g/mol. The van der Waals surface area contributed by atoms with E-state index in [0.717, 1.165) is 12.8 Å². The first-order chi connectivity index (χ1) is 6.25. The van der Waals surface area contributed by atoms with Gasteiger partial charge in [0.25, 0.3) is 0 Å². The lowest BCUT2D eigenvalue weighted by atomic mass is 10.1. The quantitative estimate of drug-likeness (QED) is 0.850. The van der Waals surface area contributed by atoms with Gasteiger partial charge in [0.2, 0.25) is 0 Å². The molecule has 0 spiro atoms. The van der Waals surface area contributed by atoms with Gasteiger partial charge in [0, 0.05) is 30.1 Å². The van der Waals surface area contributed by atoms with Crippen LogP contribution in [-0.4, -0.2) is 21.6 Å². The average Bonchev–Trinajstić information content (AvgIpc) is 2.52. The van der Waals surface area contributed by atoms with E-state index in [0.29, 0.717) is 11.3 Å². The zero-order chi connectivity index (χ0) is 9.26. The van der Waals surface area contributed by atoms with E-state index in [1.54, 1.807) is 0 Å². The molecule has 2 rings (SSSR count). The Labute approximate surface area is 107 Å². The monoisotopic (exact) mass is 269 g/mol. The predicted molar refractivity (Wildman–Crippen MR) is 70.1 cm³/mol. The summed E-state index contributed by atoms with van der Waals surface area (Å²) in [5, 5.41) is 4.75. The highest BCUT2D eigenvalue weighted by atomic mass is 35.5. The predicted octanol–water partition coefficient (Wildman–Crippen LogP) is 2.16. The first kappa shape index (κ1) is 15.1. The van der Waals surface area contributed by atoms with Gasteiger partial charge in [0.05, 0.1) is 6.20 Å². The molecule has 0 saturated carbocycles. The molecule has 1 aliphatic rings. The normalized spacial score (nSPS) is 25.2. The Morgan fingerprint density at radius 2 is 2.27 bits per heavy atom. The van der Waals surface area contributed by atoms with Gasteiger partial charge < -0.3 is 5.73 Å². The molecule has 1 aliphatic heterocycles. The summed E-state index contributed by atoms with van der Waals surface area (Å²) < 4.78 is 1.86. The van der Waals surface area contributed by atoms with Gasteiger partial charge in [-0.3, -0.25) is 4.68 Å². The lowest BCUT2D eigenvalue weighted by Gasteiger charge is -2.25. The fourth-order valence-electron chi connectivity index (χ4n) is 1.66. The third kappa shape index (κ3) is 3.87. The number of nitrogens with zero attached hydrogens (tertiary/aromatic N) is 2. The topological polar surface area (TPSA) is 43.8 Å². The summed E-state index contributed by atoms with van der Waals surface area (Å²) in [5.41, 5.74) is 7.25. The largest absolute Gasteiger partial charge is 0.328 e. The van der Waals surface area contributed by atoms with Crippen LogP contribution in [0.25, 0.3) is 0 Å². The summed E-state index contributed by atoms with van der Waals surface area (Å²) in [4.78, 5) is 0. The molecule has 15 heavy (non-hydrogen) atoms. The standard InChI is InChI=1S/C9H15N3S.2ClH/c1-12-6-7(5-11-12)9-4-8(10)2-3-13-9;;/h5-6,8-9H,2-4,10H2,1H3;2*1H. The van der Waals surface area contributed by atoms with Crippen molar-refractivity contribution in [3.8, 4) is 0 Å². The number of nitrogens with two attached hydrogens (primary N) is 1. The molecule has 1 fully saturated rings. The van der Waals surface area contributed by atoms with Gasteiger partial charge in [-0.25, -0.2) is 0 Å². The lowest BCUT2D eigenvalue weighted by molar-refractivity contribution is 0.575. The summed E-state index contributed by atoms with van der Waals surface area (Å²) in [6, 6.07) is 0.381. The van der Waals surface area contributed by atoms with E-state index < -0.39 is 0 Å². The van der Waals surface area contributed by atoms with Crippen molar-refractivity contribution in [1.82, 2.24) is 9.78 Å². The van der Waals surface area contributed by atoms with Gasteiger partial charge in [0.15, 0.2) is 0 Å². The highest BCUT2D eigenvalue weighted by molar-refractivity contribution is 7.99. The van der Waals surface area contributed by atoms with Crippen LogP contribution < -0.4 is 5.73 Å². The van der Waals surface area contributed by atoms with E-state index in [4.69, 9.17) is 5.73 Å². The van der Waals surface area contributed by atoms with Crippen molar-refractivity contribution in [2.45, 2.75) is 24.1 Å². The van der Waals surface area contributed by atoms with Crippen LogP contribution in [0.2, 0.25) is 0 Å². The Bertz CT molecular complexity index is 293. The molecule has 1 saturated heterocycles. The molecule has 6 heteroatoms. The number of aryl methyl sites for hydroxylation is 1. The van der Waals surface area contributed by atoms with E-state index >= 15 is 0 Å². The molecule has 0 radical (unpaired) electrons. The van der Waals surface area contributed by atoms with Crippen molar-refractivity contribution in [2.75, 3.05) is 5.75 Å². The second kappa shape index (κ2) is 6.63. The first-order valence-electron chi connectivity index (χ1n) is 4.61. The number of thioether (sulfide) groups is 1. The van der Waals surface area contributed by atoms with Crippen molar-refractivity contribution >= 4 is 36.6 Å². The van der Waals surface area contributed by atoms with Gasteiger partial charge in [-0.05, 0) is 18.6 Å². The maximum atomic E-state index is 5.93. The lowest BCUT2D eigenvalue weighted by Crippen LogP contribution is -2.26. The maximum Gasteiger partial charge on any atom is 0.0532 e. The number of aromatic nitrogens is 2. The fraction of sp³-hybridized carbons (Fsp3) is 0.667. The molecule has 1 aromatic heterocycles. The zero-order valence-electron chi connectivity index (χ0n) is 8.63.